The number of aromatic nitrogens is 1. The van der Waals surface area contributed by atoms with E-state index in [1.807, 2.05) is 30.3 Å². The van der Waals surface area contributed by atoms with Crippen molar-refractivity contribution in [2.24, 2.45) is 0 Å². The van der Waals surface area contributed by atoms with Crippen LogP contribution in [0.4, 0.5) is 15.8 Å². The highest BCUT2D eigenvalue weighted by atomic mass is 19.1. The molecule has 2 nitrogen and oxygen atoms in total. The fourth-order valence-electron chi connectivity index (χ4n) is 2.64. The van der Waals surface area contributed by atoms with E-state index in [1.54, 1.807) is 12.4 Å². The number of benzene rings is 2. The smallest absolute Gasteiger partial charge is 0.123 e. The second kappa shape index (κ2) is 7.54. The Balaban J connectivity index is 1.74. The van der Waals surface area contributed by atoms with Crippen LogP contribution in [0.2, 0.25) is 0 Å². The molecule has 3 heteroatoms. The van der Waals surface area contributed by atoms with E-state index in [1.165, 1.54) is 17.7 Å². The highest BCUT2D eigenvalue weighted by Gasteiger charge is 2.09. The van der Waals surface area contributed by atoms with Gasteiger partial charge in [0.2, 0.25) is 0 Å². The molecule has 2 aromatic carbocycles. The van der Waals surface area contributed by atoms with Gasteiger partial charge in [0.25, 0.3) is 0 Å². The number of rotatable bonds is 6. The van der Waals surface area contributed by atoms with E-state index in [0.29, 0.717) is 0 Å². The molecule has 0 radical (unpaired) electrons. The maximum Gasteiger partial charge on any atom is 0.123 e. The monoisotopic (exact) mass is 306 g/mol. The molecule has 0 spiro atoms. The van der Waals surface area contributed by atoms with E-state index in [9.17, 15) is 4.39 Å². The van der Waals surface area contributed by atoms with Gasteiger partial charge in [-0.15, -0.1) is 0 Å². The fraction of sp³-hybridized carbons (Fsp3) is 0.150. The van der Waals surface area contributed by atoms with Crippen molar-refractivity contribution >= 4 is 11.4 Å². The summed E-state index contributed by atoms with van der Waals surface area (Å²) in [6, 6.07) is 21.1. The van der Waals surface area contributed by atoms with Crippen LogP contribution >= 0.6 is 0 Å². The van der Waals surface area contributed by atoms with Crippen LogP contribution in [0, 0.1) is 5.82 Å². The van der Waals surface area contributed by atoms with Crippen LogP contribution in [0.1, 0.15) is 12.0 Å². The lowest BCUT2D eigenvalue weighted by atomic mass is 10.1. The largest absolute Gasteiger partial charge is 0.341 e. The minimum Gasteiger partial charge on any atom is -0.341 e. The van der Waals surface area contributed by atoms with Gasteiger partial charge < -0.3 is 4.90 Å². The molecule has 0 N–H and O–H groups in total. The highest BCUT2D eigenvalue weighted by Crippen LogP contribution is 2.25. The summed E-state index contributed by atoms with van der Waals surface area (Å²) in [7, 11) is 0. The first-order valence-electron chi connectivity index (χ1n) is 7.80. The van der Waals surface area contributed by atoms with E-state index < -0.39 is 0 Å². The summed E-state index contributed by atoms with van der Waals surface area (Å²) in [5.41, 5.74) is 3.40. The average Bonchev–Trinajstić information content (AvgIpc) is 2.61. The third kappa shape index (κ3) is 4.16. The van der Waals surface area contributed by atoms with Crippen molar-refractivity contribution in [3.05, 3.63) is 90.5 Å². The SMILES string of the molecule is Fc1ccc(N(CCCc2ccccc2)c2ccncc2)cc1. The van der Waals surface area contributed by atoms with Crippen LogP contribution in [0.25, 0.3) is 0 Å². The van der Waals surface area contributed by atoms with Gasteiger partial charge in [-0.25, -0.2) is 4.39 Å². The molecule has 0 aliphatic rings. The summed E-state index contributed by atoms with van der Waals surface area (Å²) in [5, 5.41) is 0. The van der Waals surface area contributed by atoms with Crippen molar-refractivity contribution in [1.29, 1.82) is 0 Å². The molecule has 3 aromatic rings. The molecule has 23 heavy (non-hydrogen) atoms. The maximum atomic E-state index is 13.2. The molecule has 0 amide bonds. The Bertz CT molecular complexity index is 712. The topological polar surface area (TPSA) is 16.1 Å². The van der Waals surface area contributed by atoms with Crippen molar-refractivity contribution in [1.82, 2.24) is 4.98 Å². The molecule has 1 aromatic heterocycles. The zero-order valence-electron chi connectivity index (χ0n) is 12.9. The Labute approximate surface area is 136 Å². The van der Waals surface area contributed by atoms with Gasteiger partial charge in [-0.1, -0.05) is 30.3 Å². The lowest BCUT2D eigenvalue weighted by molar-refractivity contribution is 0.627. The predicted octanol–water partition coefficient (Wildman–Crippen LogP) is 4.99. The molecule has 0 saturated carbocycles. The van der Waals surface area contributed by atoms with Crippen LogP contribution < -0.4 is 4.90 Å². The van der Waals surface area contributed by atoms with E-state index in [2.05, 4.69) is 34.1 Å². The van der Waals surface area contributed by atoms with Crippen molar-refractivity contribution < 1.29 is 4.39 Å². The number of hydrogen-bond donors (Lipinski definition) is 0. The molecule has 0 fully saturated rings. The van der Waals surface area contributed by atoms with Gasteiger partial charge in [0.1, 0.15) is 5.82 Å². The second-order valence-corrected chi connectivity index (χ2v) is 5.42. The lowest BCUT2D eigenvalue weighted by Crippen LogP contribution is -2.19. The first-order chi connectivity index (χ1) is 11.3. The Morgan fingerprint density at radius 1 is 0.783 bits per heavy atom. The van der Waals surface area contributed by atoms with Gasteiger partial charge in [0, 0.05) is 30.3 Å². The number of anilines is 2. The lowest BCUT2D eigenvalue weighted by Gasteiger charge is -2.25. The number of halogens is 1. The number of hydrogen-bond acceptors (Lipinski definition) is 2. The standard InChI is InChI=1S/C20H19FN2/c21-18-8-10-19(11-9-18)23(20-12-14-22-15-13-20)16-4-7-17-5-2-1-3-6-17/h1-3,5-6,8-15H,4,7,16H2. The molecule has 0 bridgehead atoms. The highest BCUT2D eigenvalue weighted by molar-refractivity contribution is 5.62. The van der Waals surface area contributed by atoms with Gasteiger partial charge in [-0.2, -0.15) is 0 Å². The van der Waals surface area contributed by atoms with Crippen molar-refractivity contribution in [3.63, 3.8) is 0 Å². The normalized spacial score (nSPS) is 10.5. The first-order valence-corrected chi connectivity index (χ1v) is 7.80. The zero-order chi connectivity index (χ0) is 15.9. The summed E-state index contributed by atoms with van der Waals surface area (Å²) in [4.78, 5) is 6.28. The molecule has 0 aliphatic heterocycles. The second-order valence-electron chi connectivity index (χ2n) is 5.42. The molecular weight excluding hydrogens is 287 g/mol. The molecule has 0 saturated heterocycles. The van der Waals surface area contributed by atoms with E-state index in [0.717, 1.165) is 30.8 Å². The Hall–Kier alpha value is -2.68. The molecule has 0 atom stereocenters. The molecular formula is C20H19FN2. The summed E-state index contributed by atoms with van der Waals surface area (Å²) in [6.45, 7) is 0.866. The summed E-state index contributed by atoms with van der Waals surface area (Å²) in [5.74, 6) is -0.215. The van der Waals surface area contributed by atoms with E-state index >= 15 is 0 Å². The van der Waals surface area contributed by atoms with Gasteiger partial charge in [0.05, 0.1) is 0 Å². The molecule has 0 aliphatic carbocycles. The van der Waals surface area contributed by atoms with Crippen LogP contribution in [0.15, 0.2) is 79.1 Å². The Morgan fingerprint density at radius 3 is 2.13 bits per heavy atom. The number of aryl methyl sites for hydroxylation is 1. The Morgan fingerprint density at radius 2 is 1.43 bits per heavy atom. The third-order valence-electron chi connectivity index (χ3n) is 3.80. The quantitative estimate of drug-likeness (QED) is 0.637. The number of nitrogens with zero attached hydrogens (tertiary/aromatic N) is 2. The molecule has 0 unspecified atom stereocenters. The fourth-order valence-corrected chi connectivity index (χ4v) is 2.64. The van der Waals surface area contributed by atoms with Gasteiger partial charge in [-0.05, 0) is 54.8 Å². The minimum absolute atomic E-state index is 0.215. The third-order valence-corrected chi connectivity index (χ3v) is 3.80. The van der Waals surface area contributed by atoms with Gasteiger partial charge in [0.15, 0.2) is 0 Å². The predicted molar refractivity (Wildman–Crippen MR) is 92.4 cm³/mol. The maximum absolute atomic E-state index is 13.2. The van der Waals surface area contributed by atoms with Crippen LogP contribution in [-0.2, 0) is 6.42 Å². The van der Waals surface area contributed by atoms with Crippen LogP contribution in [0.3, 0.4) is 0 Å². The first kappa shape index (κ1) is 15.2. The van der Waals surface area contributed by atoms with Gasteiger partial charge in [-0.3, -0.25) is 4.98 Å². The van der Waals surface area contributed by atoms with E-state index in [4.69, 9.17) is 0 Å². The van der Waals surface area contributed by atoms with Crippen molar-refractivity contribution in [3.8, 4) is 0 Å². The summed E-state index contributed by atoms with van der Waals surface area (Å²) in [6.07, 6.45) is 5.60. The van der Waals surface area contributed by atoms with Crippen molar-refractivity contribution in [2.45, 2.75) is 12.8 Å². The average molecular weight is 306 g/mol. The summed E-state index contributed by atoms with van der Waals surface area (Å²) < 4.78 is 13.2. The van der Waals surface area contributed by atoms with E-state index in [-0.39, 0.29) is 5.82 Å². The molecule has 3 rings (SSSR count). The molecule has 116 valence electrons. The number of pyridine rings is 1. The molecule has 1 heterocycles. The minimum atomic E-state index is -0.215. The summed E-state index contributed by atoms with van der Waals surface area (Å²) >= 11 is 0. The van der Waals surface area contributed by atoms with Crippen LogP contribution in [-0.4, -0.2) is 11.5 Å². The Kier molecular flexibility index (Phi) is 4.99. The zero-order valence-corrected chi connectivity index (χ0v) is 12.9. The van der Waals surface area contributed by atoms with Gasteiger partial charge >= 0.3 is 0 Å². The van der Waals surface area contributed by atoms with Crippen molar-refractivity contribution in [2.75, 3.05) is 11.4 Å². The van der Waals surface area contributed by atoms with Crippen LogP contribution in [0.5, 0.6) is 0 Å².